The summed E-state index contributed by atoms with van der Waals surface area (Å²) >= 11 is 11.5. The maximum absolute atomic E-state index is 13.1. The molecule has 1 aliphatic rings. The second-order valence-electron chi connectivity index (χ2n) is 7.58. The lowest BCUT2D eigenvalue weighted by Gasteiger charge is -2.43. The minimum absolute atomic E-state index is 0.00556. The third kappa shape index (κ3) is 7.11. The Morgan fingerprint density at radius 1 is 1.09 bits per heavy atom. The number of esters is 1. The predicted octanol–water partition coefficient (Wildman–Crippen LogP) is 6.88. The van der Waals surface area contributed by atoms with Gasteiger partial charge in [-0.25, -0.2) is 4.79 Å². The van der Waals surface area contributed by atoms with Crippen LogP contribution in [0.5, 0.6) is 0 Å². The number of allylic oxidation sites excluding steroid dienone is 1. The van der Waals surface area contributed by atoms with Gasteiger partial charge in [0.15, 0.2) is 0 Å². The fourth-order valence-corrected chi connectivity index (χ4v) is 4.19. The van der Waals surface area contributed by atoms with Crippen LogP contribution < -0.4 is 0 Å². The minimum Gasteiger partial charge on any atom is -0.464 e. The molecule has 2 aromatic rings. The molecule has 3 rings (SSSR count). The van der Waals surface area contributed by atoms with Crippen molar-refractivity contribution in [3.63, 3.8) is 0 Å². The Morgan fingerprint density at radius 2 is 1.72 bits per heavy atom. The summed E-state index contributed by atoms with van der Waals surface area (Å²) in [5, 5.41) is 1.45. The average molecular weight is 476 g/mol. The monoisotopic (exact) mass is 475 g/mol. The first-order chi connectivity index (χ1) is 15.4. The molecular formula is C26H31Cl2NO3. The number of carbonyl (C=O) groups is 2. The van der Waals surface area contributed by atoms with Crippen LogP contribution in [0.3, 0.4) is 0 Å². The van der Waals surface area contributed by atoms with Crippen LogP contribution in [0.25, 0.3) is 0 Å². The number of hydrogen-bond acceptors (Lipinski definition) is 3. The van der Waals surface area contributed by atoms with Gasteiger partial charge >= 0.3 is 5.97 Å². The number of likely N-dealkylation sites (tertiary alicyclic amines) is 1. The molecule has 172 valence electrons. The van der Waals surface area contributed by atoms with Gasteiger partial charge in [0, 0.05) is 16.0 Å². The minimum atomic E-state index is -0.569. The molecule has 3 atom stereocenters. The van der Waals surface area contributed by atoms with E-state index in [1.807, 2.05) is 61.5 Å². The number of amides is 1. The van der Waals surface area contributed by atoms with Crippen molar-refractivity contribution in [2.45, 2.75) is 51.6 Å². The largest absolute Gasteiger partial charge is 0.464 e. The van der Waals surface area contributed by atoms with Crippen LogP contribution in [0.15, 0.2) is 67.3 Å². The molecule has 6 heteroatoms. The molecule has 1 amide bonds. The van der Waals surface area contributed by atoms with Crippen LogP contribution >= 0.6 is 23.2 Å². The molecule has 0 saturated carbocycles. The Morgan fingerprint density at radius 3 is 2.22 bits per heavy atom. The molecule has 0 N–H and O–H groups in total. The second kappa shape index (κ2) is 13.3. The van der Waals surface area contributed by atoms with Crippen LogP contribution in [0.1, 0.15) is 51.1 Å². The van der Waals surface area contributed by atoms with E-state index < -0.39 is 6.04 Å². The molecular weight excluding hydrogens is 445 g/mol. The molecule has 4 nitrogen and oxygen atoms in total. The quantitative estimate of drug-likeness (QED) is 0.323. The zero-order valence-electron chi connectivity index (χ0n) is 18.7. The van der Waals surface area contributed by atoms with Gasteiger partial charge < -0.3 is 9.64 Å². The topological polar surface area (TPSA) is 46.6 Å². The summed E-state index contributed by atoms with van der Waals surface area (Å²) in [7, 11) is 0. The normalized spacial score (nSPS) is 18.9. The van der Waals surface area contributed by atoms with Gasteiger partial charge in [0.2, 0.25) is 5.91 Å². The first kappa shape index (κ1) is 26.0. The number of ether oxygens (including phenoxy) is 1. The summed E-state index contributed by atoms with van der Waals surface area (Å²) in [4.78, 5) is 27.3. The van der Waals surface area contributed by atoms with Crippen molar-refractivity contribution in [1.29, 1.82) is 0 Å². The highest BCUT2D eigenvalue weighted by Gasteiger charge is 2.41. The highest BCUT2D eigenvalue weighted by Crippen LogP contribution is 2.38. The lowest BCUT2D eigenvalue weighted by atomic mass is 9.85. The summed E-state index contributed by atoms with van der Waals surface area (Å²) in [6, 6.07) is 16.2. The van der Waals surface area contributed by atoms with Crippen LogP contribution in [0, 0.1) is 5.92 Å². The Labute approximate surface area is 201 Å². The van der Waals surface area contributed by atoms with Crippen molar-refractivity contribution in [3.05, 3.63) is 82.9 Å². The number of halogens is 2. The van der Waals surface area contributed by atoms with E-state index in [4.69, 9.17) is 27.9 Å². The molecule has 0 aliphatic carbocycles. The molecule has 2 aromatic carbocycles. The summed E-state index contributed by atoms with van der Waals surface area (Å²) in [6.07, 6.45) is 4.52. The number of hydrogen-bond donors (Lipinski definition) is 0. The van der Waals surface area contributed by atoms with E-state index in [2.05, 4.69) is 6.58 Å². The first-order valence-corrected chi connectivity index (χ1v) is 11.7. The highest BCUT2D eigenvalue weighted by atomic mass is 35.5. The zero-order chi connectivity index (χ0) is 23.5. The Bertz CT molecular complexity index is 870. The molecule has 0 aromatic heterocycles. The van der Waals surface area contributed by atoms with Gasteiger partial charge in [0.25, 0.3) is 0 Å². The highest BCUT2D eigenvalue weighted by molar-refractivity contribution is 6.30. The van der Waals surface area contributed by atoms with Gasteiger partial charge in [-0.2, -0.15) is 0 Å². The molecule has 32 heavy (non-hydrogen) atoms. The molecule has 1 fully saturated rings. The van der Waals surface area contributed by atoms with Gasteiger partial charge in [-0.1, -0.05) is 66.5 Å². The van der Waals surface area contributed by atoms with Crippen LogP contribution in [-0.4, -0.2) is 29.4 Å². The predicted molar refractivity (Wildman–Crippen MR) is 131 cm³/mol. The molecule has 1 saturated heterocycles. The van der Waals surface area contributed by atoms with Crippen LogP contribution in [0.4, 0.5) is 0 Å². The number of rotatable bonds is 7. The fourth-order valence-electron chi connectivity index (χ4n) is 3.92. The molecule has 1 aliphatic heterocycles. The van der Waals surface area contributed by atoms with Gasteiger partial charge in [0.1, 0.15) is 6.04 Å². The molecule has 0 spiro atoms. The fraction of sp³-hybridized carbons (Fsp3) is 0.385. The van der Waals surface area contributed by atoms with Crippen molar-refractivity contribution < 1.29 is 14.3 Å². The lowest BCUT2D eigenvalue weighted by molar-refractivity contribution is -0.161. The van der Waals surface area contributed by atoms with Crippen molar-refractivity contribution in [2.24, 2.45) is 5.92 Å². The van der Waals surface area contributed by atoms with E-state index in [1.165, 1.54) is 0 Å². The Balaban J connectivity index is 0.000000439. The van der Waals surface area contributed by atoms with Crippen LogP contribution in [0.2, 0.25) is 10.0 Å². The maximum atomic E-state index is 13.1. The molecule has 2 unspecified atom stereocenters. The first-order valence-electron chi connectivity index (χ1n) is 11.0. The lowest BCUT2D eigenvalue weighted by Crippen LogP contribution is -2.52. The number of nitrogens with zero attached hydrogens (tertiary/aromatic N) is 1. The van der Waals surface area contributed by atoms with Gasteiger partial charge in [0.05, 0.1) is 12.6 Å². The Hall–Kier alpha value is -2.30. The van der Waals surface area contributed by atoms with Gasteiger partial charge in [-0.15, -0.1) is 6.58 Å². The smallest absolute Gasteiger partial charge is 0.328 e. The van der Waals surface area contributed by atoms with Gasteiger partial charge in [-0.05, 0) is 62.4 Å². The van der Waals surface area contributed by atoms with E-state index >= 15 is 0 Å². The second-order valence-corrected chi connectivity index (χ2v) is 8.46. The van der Waals surface area contributed by atoms with E-state index in [-0.39, 0.29) is 23.8 Å². The van der Waals surface area contributed by atoms with E-state index in [1.54, 1.807) is 17.9 Å². The summed E-state index contributed by atoms with van der Waals surface area (Å²) in [5.74, 6) is -0.452. The summed E-state index contributed by atoms with van der Waals surface area (Å²) in [6.45, 7) is 7.74. The van der Waals surface area contributed by atoms with E-state index in [0.29, 0.717) is 24.5 Å². The number of benzene rings is 2. The van der Waals surface area contributed by atoms with Crippen molar-refractivity contribution in [3.8, 4) is 0 Å². The summed E-state index contributed by atoms with van der Waals surface area (Å²) in [5.41, 5.74) is 0.998. The SMILES string of the molecule is C=CCC1CC[C@@H](c2ccc(Cl)cc2)N(C(CC)C(=O)OCC)C1=O.Clc1ccccc1. The third-order valence-electron chi connectivity index (χ3n) is 5.45. The maximum Gasteiger partial charge on any atom is 0.328 e. The standard InChI is InChI=1S/C20H26ClNO3.C6H5Cl/c1-4-7-15-10-13-18(14-8-11-16(21)12-9-14)22(19(15)23)17(5-2)20(24)25-6-3;7-6-4-2-1-3-5-6/h4,8-9,11-12,15,17-18H,1,5-7,10,13H2,2-3H3;1-5H/t15?,17?,18-;/m0./s1. The summed E-state index contributed by atoms with van der Waals surface area (Å²) < 4.78 is 5.22. The van der Waals surface area contributed by atoms with Crippen LogP contribution in [-0.2, 0) is 14.3 Å². The van der Waals surface area contributed by atoms with Gasteiger partial charge in [-0.3, -0.25) is 4.79 Å². The molecule has 1 heterocycles. The van der Waals surface area contributed by atoms with Crippen molar-refractivity contribution in [2.75, 3.05) is 6.61 Å². The number of carbonyl (C=O) groups excluding carboxylic acids is 2. The number of piperidine rings is 1. The van der Waals surface area contributed by atoms with Crippen molar-refractivity contribution in [1.82, 2.24) is 4.90 Å². The Kier molecular flexibility index (Phi) is 10.8. The molecule has 0 radical (unpaired) electrons. The third-order valence-corrected chi connectivity index (χ3v) is 5.95. The van der Waals surface area contributed by atoms with E-state index in [9.17, 15) is 9.59 Å². The van der Waals surface area contributed by atoms with Crippen molar-refractivity contribution >= 4 is 35.1 Å². The zero-order valence-corrected chi connectivity index (χ0v) is 20.2. The molecule has 0 bridgehead atoms. The van der Waals surface area contributed by atoms with E-state index in [0.717, 1.165) is 23.4 Å². The average Bonchev–Trinajstić information content (AvgIpc) is 2.79.